The first kappa shape index (κ1) is 14.0. The van der Waals surface area contributed by atoms with Crippen molar-refractivity contribution < 1.29 is 9.18 Å². The van der Waals surface area contributed by atoms with Gasteiger partial charge in [0.1, 0.15) is 5.82 Å². The summed E-state index contributed by atoms with van der Waals surface area (Å²) in [4.78, 5) is 13.7. The summed E-state index contributed by atoms with van der Waals surface area (Å²) in [5.74, 6) is -0.128. The molecule has 0 aliphatic heterocycles. The molecule has 19 heavy (non-hydrogen) atoms. The van der Waals surface area contributed by atoms with Gasteiger partial charge in [0.05, 0.1) is 0 Å². The normalized spacial score (nSPS) is 16.4. The highest BCUT2D eigenvalue weighted by atomic mass is 19.1. The van der Waals surface area contributed by atoms with E-state index in [1.807, 2.05) is 31.1 Å². The van der Waals surface area contributed by atoms with Crippen molar-refractivity contribution in [3.8, 4) is 0 Å². The van der Waals surface area contributed by atoms with E-state index in [4.69, 9.17) is 0 Å². The van der Waals surface area contributed by atoms with Crippen LogP contribution < -0.4 is 5.32 Å². The van der Waals surface area contributed by atoms with Gasteiger partial charge in [0.15, 0.2) is 0 Å². The summed E-state index contributed by atoms with van der Waals surface area (Å²) in [6.45, 7) is 1.42. The van der Waals surface area contributed by atoms with Gasteiger partial charge in [-0.2, -0.15) is 0 Å². The molecule has 1 N–H and O–H groups in total. The number of rotatable bonds is 6. The molecule has 0 spiro atoms. The van der Waals surface area contributed by atoms with Crippen LogP contribution in [0.15, 0.2) is 24.3 Å². The smallest absolute Gasteiger partial charge is 0.221 e. The number of carbonyl (C=O) groups is 1. The topological polar surface area (TPSA) is 32.3 Å². The van der Waals surface area contributed by atoms with Gasteiger partial charge < -0.3 is 10.2 Å². The number of hydrogen-bond acceptors (Lipinski definition) is 2. The summed E-state index contributed by atoms with van der Waals surface area (Å²) in [7, 11) is 3.91. The average molecular weight is 264 g/mol. The lowest BCUT2D eigenvalue weighted by molar-refractivity contribution is -0.121. The lowest BCUT2D eigenvalue weighted by Crippen LogP contribution is -2.33. The predicted octanol–water partition coefficient (Wildman–Crippen LogP) is 1.93. The number of hydrogen-bond donors (Lipinski definition) is 1. The average Bonchev–Trinajstić information content (AvgIpc) is 3.16. The number of benzene rings is 1. The first-order valence-corrected chi connectivity index (χ1v) is 6.69. The second kappa shape index (κ2) is 5.70. The van der Waals surface area contributed by atoms with Crippen LogP contribution in [0.1, 0.15) is 24.8 Å². The Morgan fingerprint density at radius 2 is 1.95 bits per heavy atom. The molecule has 1 aromatic carbocycles. The van der Waals surface area contributed by atoms with E-state index in [0.717, 1.165) is 24.9 Å². The molecule has 3 nitrogen and oxygen atoms in total. The third-order valence-corrected chi connectivity index (χ3v) is 3.72. The van der Waals surface area contributed by atoms with Crippen LogP contribution in [0, 0.1) is 5.82 Å². The van der Waals surface area contributed by atoms with E-state index < -0.39 is 0 Å². The van der Waals surface area contributed by atoms with Crippen molar-refractivity contribution in [2.45, 2.75) is 24.7 Å². The summed E-state index contributed by atoms with van der Waals surface area (Å²) in [6.07, 6.45) is 2.64. The number of nitrogens with one attached hydrogen (secondary N) is 1. The third kappa shape index (κ3) is 3.77. The quantitative estimate of drug-likeness (QED) is 0.851. The van der Waals surface area contributed by atoms with Crippen LogP contribution in [0.2, 0.25) is 0 Å². The number of nitrogens with zero attached hydrogens (tertiary/aromatic N) is 1. The van der Waals surface area contributed by atoms with E-state index in [1.54, 1.807) is 0 Å². The zero-order chi connectivity index (χ0) is 13.9. The van der Waals surface area contributed by atoms with Crippen LogP contribution >= 0.6 is 0 Å². The monoisotopic (exact) mass is 264 g/mol. The second-order valence-corrected chi connectivity index (χ2v) is 5.62. The molecule has 1 fully saturated rings. The Morgan fingerprint density at radius 1 is 1.32 bits per heavy atom. The van der Waals surface area contributed by atoms with E-state index in [9.17, 15) is 9.18 Å². The van der Waals surface area contributed by atoms with Gasteiger partial charge in [0, 0.05) is 24.9 Å². The molecule has 0 heterocycles. The molecule has 2 rings (SSSR count). The van der Waals surface area contributed by atoms with Gasteiger partial charge in [-0.3, -0.25) is 4.79 Å². The summed E-state index contributed by atoms with van der Waals surface area (Å²) in [6, 6.07) is 6.63. The van der Waals surface area contributed by atoms with Crippen molar-refractivity contribution in [2.24, 2.45) is 0 Å². The number of amides is 1. The van der Waals surface area contributed by atoms with Gasteiger partial charge in [-0.15, -0.1) is 0 Å². The molecule has 0 atom stereocenters. The minimum atomic E-state index is -0.213. The Hall–Kier alpha value is -1.42. The third-order valence-electron chi connectivity index (χ3n) is 3.72. The van der Waals surface area contributed by atoms with Gasteiger partial charge in [-0.05, 0) is 44.6 Å². The van der Waals surface area contributed by atoms with Crippen LogP contribution in [-0.4, -0.2) is 38.0 Å². The first-order chi connectivity index (χ1) is 9.02. The molecule has 0 bridgehead atoms. The van der Waals surface area contributed by atoms with Crippen molar-refractivity contribution >= 4 is 5.91 Å². The Balaban J connectivity index is 1.85. The van der Waals surface area contributed by atoms with Gasteiger partial charge in [-0.1, -0.05) is 12.1 Å². The highest BCUT2D eigenvalue weighted by Gasteiger charge is 2.44. The molecule has 1 saturated carbocycles. The summed E-state index contributed by atoms with van der Waals surface area (Å²) >= 11 is 0. The molecule has 1 aliphatic rings. The van der Waals surface area contributed by atoms with E-state index >= 15 is 0 Å². The fourth-order valence-electron chi connectivity index (χ4n) is 2.20. The second-order valence-electron chi connectivity index (χ2n) is 5.62. The molecule has 4 heteroatoms. The lowest BCUT2D eigenvalue weighted by Gasteiger charge is -2.17. The summed E-state index contributed by atoms with van der Waals surface area (Å²) in [5.41, 5.74) is 1.17. The number of halogens is 1. The zero-order valence-corrected chi connectivity index (χ0v) is 11.6. The first-order valence-electron chi connectivity index (χ1n) is 6.69. The SMILES string of the molecule is CN(C)CCC(=O)NCC1(c2ccc(F)cc2)CC1. The van der Waals surface area contributed by atoms with Crippen molar-refractivity contribution in [1.82, 2.24) is 10.2 Å². The summed E-state index contributed by atoms with van der Waals surface area (Å²) in [5, 5.41) is 2.99. The van der Waals surface area contributed by atoms with Crippen molar-refractivity contribution in [2.75, 3.05) is 27.2 Å². The van der Waals surface area contributed by atoms with Gasteiger partial charge >= 0.3 is 0 Å². The maximum atomic E-state index is 12.9. The van der Waals surface area contributed by atoms with Crippen molar-refractivity contribution in [1.29, 1.82) is 0 Å². The molecule has 1 aromatic rings. The van der Waals surface area contributed by atoms with E-state index in [1.165, 1.54) is 12.1 Å². The molecular formula is C15H21FN2O. The van der Waals surface area contributed by atoms with Crippen LogP contribution in [0.4, 0.5) is 4.39 Å². The van der Waals surface area contributed by atoms with Crippen LogP contribution in [0.5, 0.6) is 0 Å². The van der Waals surface area contributed by atoms with Crippen molar-refractivity contribution in [3.05, 3.63) is 35.6 Å². The van der Waals surface area contributed by atoms with Crippen LogP contribution in [0.3, 0.4) is 0 Å². The molecule has 1 amide bonds. The Morgan fingerprint density at radius 3 is 2.47 bits per heavy atom. The van der Waals surface area contributed by atoms with Gasteiger partial charge in [-0.25, -0.2) is 4.39 Å². The zero-order valence-electron chi connectivity index (χ0n) is 11.6. The van der Waals surface area contributed by atoms with Gasteiger partial charge in [0.25, 0.3) is 0 Å². The van der Waals surface area contributed by atoms with Crippen molar-refractivity contribution in [3.63, 3.8) is 0 Å². The molecule has 0 saturated heterocycles. The lowest BCUT2D eigenvalue weighted by atomic mass is 9.96. The Labute approximate surface area is 113 Å². The fraction of sp³-hybridized carbons (Fsp3) is 0.533. The highest BCUT2D eigenvalue weighted by Crippen LogP contribution is 2.47. The van der Waals surface area contributed by atoms with Crippen LogP contribution in [0.25, 0.3) is 0 Å². The van der Waals surface area contributed by atoms with E-state index in [-0.39, 0.29) is 17.1 Å². The van der Waals surface area contributed by atoms with Gasteiger partial charge in [0.2, 0.25) is 5.91 Å². The summed E-state index contributed by atoms with van der Waals surface area (Å²) < 4.78 is 12.9. The molecule has 104 valence electrons. The number of carbonyl (C=O) groups excluding carboxylic acids is 1. The maximum Gasteiger partial charge on any atom is 0.221 e. The predicted molar refractivity (Wildman–Crippen MR) is 73.5 cm³/mol. The van der Waals surface area contributed by atoms with Crippen LogP contribution in [-0.2, 0) is 10.2 Å². The Bertz CT molecular complexity index is 438. The van der Waals surface area contributed by atoms with E-state index in [0.29, 0.717) is 13.0 Å². The molecular weight excluding hydrogens is 243 g/mol. The largest absolute Gasteiger partial charge is 0.355 e. The fourth-order valence-corrected chi connectivity index (χ4v) is 2.20. The Kier molecular flexibility index (Phi) is 4.20. The minimum Gasteiger partial charge on any atom is -0.355 e. The minimum absolute atomic E-state index is 0.0431. The maximum absolute atomic E-state index is 12.9. The molecule has 0 unspecified atom stereocenters. The standard InChI is InChI=1S/C15H21FN2O/c1-18(2)10-7-14(19)17-11-15(8-9-15)12-3-5-13(16)6-4-12/h3-6H,7-11H2,1-2H3,(H,17,19). The van der Waals surface area contributed by atoms with E-state index in [2.05, 4.69) is 5.32 Å². The molecule has 0 aromatic heterocycles. The highest BCUT2D eigenvalue weighted by molar-refractivity contribution is 5.76. The molecule has 0 radical (unpaired) electrons. The molecule has 1 aliphatic carbocycles.